The van der Waals surface area contributed by atoms with Crippen molar-refractivity contribution in [2.45, 2.75) is 38.9 Å². The molecule has 0 fully saturated rings. The van der Waals surface area contributed by atoms with Crippen LogP contribution in [-0.4, -0.2) is 17.7 Å². The highest BCUT2D eigenvalue weighted by atomic mass is 32.1. The molecule has 1 unspecified atom stereocenters. The molecular weight excluding hydrogens is 237 g/mol. The maximum Gasteiger partial charge on any atom is 0.389 e. The van der Waals surface area contributed by atoms with Gasteiger partial charge < -0.3 is 5.32 Å². The fraction of sp³-hybridized carbons (Fsp3) is 0.700. The van der Waals surface area contributed by atoms with Gasteiger partial charge in [-0.15, -0.1) is 11.3 Å². The summed E-state index contributed by atoms with van der Waals surface area (Å²) in [5.74, 6) is 0. The van der Waals surface area contributed by atoms with Gasteiger partial charge in [-0.05, 0) is 26.8 Å². The number of aromatic nitrogens is 1. The Balaban J connectivity index is 2.26. The van der Waals surface area contributed by atoms with Crippen molar-refractivity contribution >= 4 is 11.3 Å². The molecule has 0 saturated carbocycles. The van der Waals surface area contributed by atoms with Gasteiger partial charge in [-0.1, -0.05) is 0 Å². The number of halogens is 3. The molecule has 1 atom stereocenters. The van der Waals surface area contributed by atoms with Crippen molar-refractivity contribution in [1.29, 1.82) is 0 Å². The van der Waals surface area contributed by atoms with E-state index in [9.17, 15) is 13.2 Å². The van der Waals surface area contributed by atoms with Crippen LogP contribution in [0.2, 0.25) is 0 Å². The number of hydrogen-bond donors (Lipinski definition) is 1. The predicted molar refractivity (Wildman–Crippen MR) is 58.6 cm³/mol. The van der Waals surface area contributed by atoms with Crippen LogP contribution < -0.4 is 5.32 Å². The van der Waals surface area contributed by atoms with E-state index in [2.05, 4.69) is 10.3 Å². The van der Waals surface area contributed by atoms with Gasteiger partial charge in [0.05, 0.1) is 11.2 Å². The molecule has 1 aromatic heterocycles. The average Bonchev–Trinajstić information content (AvgIpc) is 2.57. The maximum atomic E-state index is 11.9. The van der Waals surface area contributed by atoms with Crippen LogP contribution >= 0.6 is 11.3 Å². The minimum atomic E-state index is -4.05. The fourth-order valence-electron chi connectivity index (χ4n) is 1.43. The van der Waals surface area contributed by atoms with Crippen LogP contribution in [0.5, 0.6) is 0 Å². The van der Waals surface area contributed by atoms with E-state index in [0.29, 0.717) is 6.54 Å². The molecule has 0 aliphatic rings. The zero-order valence-electron chi connectivity index (χ0n) is 9.27. The number of thiazole rings is 1. The second-order valence-corrected chi connectivity index (χ2v) is 4.58. The van der Waals surface area contributed by atoms with E-state index in [1.807, 2.05) is 13.8 Å². The van der Waals surface area contributed by atoms with Gasteiger partial charge in [0.25, 0.3) is 0 Å². The first-order valence-corrected chi connectivity index (χ1v) is 5.98. The SMILES string of the molecule is Cc1ncsc1C(C)NCCCC(F)(F)F. The van der Waals surface area contributed by atoms with E-state index in [1.54, 1.807) is 5.51 Å². The van der Waals surface area contributed by atoms with Crippen LogP contribution in [0.3, 0.4) is 0 Å². The lowest BCUT2D eigenvalue weighted by molar-refractivity contribution is -0.135. The molecule has 0 aromatic carbocycles. The van der Waals surface area contributed by atoms with Crippen LogP contribution in [0.25, 0.3) is 0 Å². The zero-order chi connectivity index (χ0) is 12.2. The van der Waals surface area contributed by atoms with Crippen molar-refractivity contribution in [3.05, 3.63) is 16.1 Å². The lowest BCUT2D eigenvalue weighted by Gasteiger charge is -2.13. The highest BCUT2D eigenvalue weighted by Gasteiger charge is 2.26. The van der Waals surface area contributed by atoms with Crippen molar-refractivity contribution in [1.82, 2.24) is 10.3 Å². The third-order valence-electron chi connectivity index (χ3n) is 2.26. The summed E-state index contributed by atoms with van der Waals surface area (Å²) in [6.07, 6.45) is -4.66. The number of aryl methyl sites for hydroxylation is 1. The first kappa shape index (κ1) is 13.4. The monoisotopic (exact) mass is 252 g/mol. The van der Waals surface area contributed by atoms with Gasteiger partial charge in [-0.3, -0.25) is 0 Å². The quantitative estimate of drug-likeness (QED) is 0.812. The Labute approximate surface area is 96.9 Å². The van der Waals surface area contributed by atoms with Crippen LogP contribution in [-0.2, 0) is 0 Å². The molecule has 0 radical (unpaired) electrons. The Morgan fingerprint density at radius 1 is 1.50 bits per heavy atom. The minimum Gasteiger partial charge on any atom is -0.309 e. The highest BCUT2D eigenvalue weighted by molar-refractivity contribution is 7.09. The van der Waals surface area contributed by atoms with Crippen molar-refractivity contribution in [3.63, 3.8) is 0 Å². The molecule has 1 heterocycles. The molecule has 0 spiro atoms. The molecule has 0 aliphatic carbocycles. The second kappa shape index (κ2) is 5.63. The molecule has 1 aromatic rings. The van der Waals surface area contributed by atoms with E-state index >= 15 is 0 Å². The van der Waals surface area contributed by atoms with Crippen molar-refractivity contribution in [2.24, 2.45) is 0 Å². The summed E-state index contributed by atoms with van der Waals surface area (Å²) in [4.78, 5) is 5.19. The van der Waals surface area contributed by atoms with Crippen molar-refractivity contribution < 1.29 is 13.2 Å². The summed E-state index contributed by atoms with van der Waals surface area (Å²) in [6.45, 7) is 4.21. The van der Waals surface area contributed by atoms with Crippen LogP contribution in [0.4, 0.5) is 13.2 Å². The third-order valence-corrected chi connectivity index (χ3v) is 3.38. The molecule has 6 heteroatoms. The molecule has 1 N–H and O–H groups in total. The van der Waals surface area contributed by atoms with Gasteiger partial charge in [0.2, 0.25) is 0 Å². The molecule has 92 valence electrons. The summed E-state index contributed by atoms with van der Waals surface area (Å²) < 4.78 is 35.6. The highest BCUT2D eigenvalue weighted by Crippen LogP contribution is 2.23. The van der Waals surface area contributed by atoms with Gasteiger partial charge in [-0.2, -0.15) is 13.2 Å². The van der Waals surface area contributed by atoms with E-state index in [0.717, 1.165) is 10.6 Å². The average molecular weight is 252 g/mol. The number of nitrogens with one attached hydrogen (secondary N) is 1. The molecule has 0 aliphatic heterocycles. The first-order valence-electron chi connectivity index (χ1n) is 5.10. The molecule has 2 nitrogen and oxygen atoms in total. The predicted octanol–water partition coefficient (Wildman–Crippen LogP) is 3.44. The lowest BCUT2D eigenvalue weighted by Crippen LogP contribution is -2.21. The molecule has 0 amide bonds. The molecule has 1 rings (SSSR count). The Morgan fingerprint density at radius 2 is 2.19 bits per heavy atom. The summed E-state index contributed by atoms with van der Waals surface area (Å²) in [5, 5.41) is 3.07. The number of nitrogens with zero attached hydrogens (tertiary/aromatic N) is 1. The topological polar surface area (TPSA) is 24.9 Å². The fourth-order valence-corrected chi connectivity index (χ4v) is 2.26. The molecule has 0 saturated heterocycles. The summed E-state index contributed by atoms with van der Waals surface area (Å²) in [7, 11) is 0. The second-order valence-electron chi connectivity index (χ2n) is 3.70. The van der Waals surface area contributed by atoms with Gasteiger partial charge in [0.15, 0.2) is 0 Å². The smallest absolute Gasteiger partial charge is 0.309 e. The van der Waals surface area contributed by atoms with E-state index in [-0.39, 0.29) is 12.5 Å². The van der Waals surface area contributed by atoms with Gasteiger partial charge in [-0.25, -0.2) is 4.98 Å². The van der Waals surface area contributed by atoms with Gasteiger partial charge >= 0.3 is 6.18 Å². The van der Waals surface area contributed by atoms with E-state index < -0.39 is 12.6 Å². The summed E-state index contributed by atoms with van der Waals surface area (Å²) in [6, 6.07) is 0.0701. The largest absolute Gasteiger partial charge is 0.389 e. The number of hydrogen-bond acceptors (Lipinski definition) is 3. The van der Waals surface area contributed by atoms with E-state index in [1.165, 1.54) is 11.3 Å². The summed E-state index contributed by atoms with van der Waals surface area (Å²) in [5.41, 5.74) is 2.69. The first-order chi connectivity index (χ1) is 7.40. The Morgan fingerprint density at radius 3 is 2.69 bits per heavy atom. The standard InChI is InChI=1S/C10H15F3N2S/c1-7(9-8(2)15-6-16-9)14-5-3-4-10(11,12)13/h6-7,14H,3-5H2,1-2H3. The Kier molecular flexibility index (Phi) is 4.73. The molecule has 0 bridgehead atoms. The van der Waals surface area contributed by atoms with Crippen LogP contribution in [0.1, 0.15) is 36.4 Å². The maximum absolute atomic E-state index is 11.9. The third kappa shape index (κ3) is 4.49. The lowest BCUT2D eigenvalue weighted by atomic mass is 10.2. The number of alkyl halides is 3. The van der Waals surface area contributed by atoms with E-state index in [4.69, 9.17) is 0 Å². The van der Waals surface area contributed by atoms with Crippen LogP contribution in [0.15, 0.2) is 5.51 Å². The number of rotatable bonds is 5. The van der Waals surface area contributed by atoms with Crippen LogP contribution in [0, 0.1) is 6.92 Å². The van der Waals surface area contributed by atoms with Crippen molar-refractivity contribution in [2.75, 3.05) is 6.54 Å². The zero-order valence-corrected chi connectivity index (χ0v) is 10.1. The van der Waals surface area contributed by atoms with Crippen molar-refractivity contribution in [3.8, 4) is 0 Å². The Hall–Kier alpha value is -0.620. The Bertz CT molecular complexity index is 322. The summed E-state index contributed by atoms with van der Waals surface area (Å²) >= 11 is 1.53. The van der Waals surface area contributed by atoms with Gasteiger partial charge in [0, 0.05) is 17.3 Å². The normalized spacial score (nSPS) is 14.1. The van der Waals surface area contributed by atoms with Gasteiger partial charge in [0.1, 0.15) is 0 Å². The minimum absolute atomic E-state index is 0.0701. The molecular formula is C10H15F3N2S. The molecule has 16 heavy (non-hydrogen) atoms.